The van der Waals surface area contributed by atoms with Crippen LogP contribution < -0.4 is 5.73 Å². The maximum Gasteiger partial charge on any atom is 0.0366 e. The molecular weight excluding hydrogens is 276 g/mol. The Kier molecular flexibility index (Phi) is 4.14. The van der Waals surface area contributed by atoms with E-state index < -0.39 is 0 Å². The van der Waals surface area contributed by atoms with Gasteiger partial charge in [-0.1, -0.05) is 38.1 Å². The predicted molar refractivity (Wildman–Crippen MR) is 94.8 cm³/mol. The molecule has 2 aromatic rings. The second kappa shape index (κ2) is 5.90. The van der Waals surface area contributed by atoms with E-state index in [4.69, 9.17) is 5.73 Å². The fourth-order valence-electron chi connectivity index (χ4n) is 2.90. The number of hydrogen-bond acceptors (Lipinski definition) is 3. The van der Waals surface area contributed by atoms with Crippen molar-refractivity contribution in [2.75, 3.05) is 24.6 Å². The van der Waals surface area contributed by atoms with E-state index in [1.165, 1.54) is 28.5 Å². The zero-order valence-electron chi connectivity index (χ0n) is 12.9. The number of rotatable bonds is 2. The number of anilines is 1. The van der Waals surface area contributed by atoms with E-state index in [0.717, 1.165) is 25.3 Å². The largest absolute Gasteiger partial charge is 0.398 e. The summed E-state index contributed by atoms with van der Waals surface area (Å²) < 4.78 is 0.406. The molecule has 0 amide bonds. The van der Waals surface area contributed by atoms with Crippen LogP contribution >= 0.6 is 11.8 Å². The second-order valence-corrected chi connectivity index (χ2v) is 8.33. The zero-order chi connectivity index (χ0) is 14.9. The summed E-state index contributed by atoms with van der Waals surface area (Å²) in [7, 11) is 0. The Morgan fingerprint density at radius 2 is 1.86 bits per heavy atom. The highest BCUT2D eigenvalue weighted by Gasteiger charge is 2.23. The smallest absolute Gasteiger partial charge is 0.0366 e. The van der Waals surface area contributed by atoms with Crippen LogP contribution in [0.25, 0.3) is 10.8 Å². The lowest BCUT2D eigenvalue weighted by molar-refractivity contribution is 0.277. The molecule has 3 rings (SSSR count). The fraction of sp³-hybridized carbons (Fsp3) is 0.444. The van der Waals surface area contributed by atoms with Crippen LogP contribution in [0.3, 0.4) is 0 Å². The van der Waals surface area contributed by atoms with Gasteiger partial charge >= 0.3 is 0 Å². The Bertz CT molecular complexity index is 636. The topological polar surface area (TPSA) is 29.3 Å². The van der Waals surface area contributed by atoms with Crippen LogP contribution in [0.5, 0.6) is 0 Å². The minimum atomic E-state index is 0.406. The monoisotopic (exact) mass is 300 g/mol. The molecule has 0 radical (unpaired) electrons. The molecule has 1 heterocycles. The van der Waals surface area contributed by atoms with Gasteiger partial charge in [-0.3, -0.25) is 4.90 Å². The van der Waals surface area contributed by atoms with Crippen molar-refractivity contribution in [2.24, 2.45) is 0 Å². The summed E-state index contributed by atoms with van der Waals surface area (Å²) in [4.78, 5) is 2.54. The number of fused-ring (bicyclic) bond motifs is 1. The number of nitrogens with zero attached hydrogens (tertiary/aromatic N) is 1. The first kappa shape index (κ1) is 14.7. The standard InChI is InChI=1S/C18H24N2S/c1-18(2)7-8-20(9-10-21-18)13-16-11-14-5-3-4-6-15(14)12-17(16)19/h3-6,11-12H,7-10,13,19H2,1-2H3. The summed E-state index contributed by atoms with van der Waals surface area (Å²) in [6.45, 7) is 7.98. The molecule has 0 spiro atoms. The maximum atomic E-state index is 6.26. The Hall–Kier alpha value is -1.19. The van der Waals surface area contributed by atoms with Crippen molar-refractivity contribution in [3.05, 3.63) is 42.0 Å². The van der Waals surface area contributed by atoms with E-state index in [2.05, 4.69) is 66.9 Å². The van der Waals surface area contributed by atoms with Crippen LogP contribution in [-0.2, 0) is 6.54 Å². The van der Waals surface area contributed by atoms with Crippen LogP contribution in [0, 0.1) is 0 Å². The minimum Gasteiger partial charge on any atom is -0.398 e. The Balaban J connectivity index is 1.79. The first-order valence-corrected chi connectivity index (χ1v) is 8.65. The average Bonchev–Trinajstić information content (AvgIpc) is 2.61. The van der Waals surface area contributed by atoms with Gasteiger partial charge in [-0.2, -0.15) is 11.8 Å². The molecule has 1 saturated heterocycles. The van der Waals surface area contributed by atoms with Crippen LogP contribution in [0.2, 0.25) is 0 Å². The number of nitrogens with two attached hydrogens (primary N) is 1. The Labute approximate surface area is 131 Å². The van der Waals surface area contributed by atoms with Crippen molar-refractivity contribution in [3.8, 4) is 0 Å². The van der Waals surface area contributed by atoms with Crippen molar-refractivity contribution in [2.45, 2.75) is 31.6 Å². The molecule has 0 saturated carbocycles. The molecular formula is C18H24N2S. The van der Waals surface area contributed by atoms with Gasteiger partial charge in [0.2, 0.25) is 0 Å². The molecule has 0 unspecified atom stereocenters. The SMILES string of the molecule is CC1(C)CCN(Cc2cc3ccccc3cc2N)CCS1. The predicted octanol–water partition coefficient (Wildman–Crippen LogP) is 4.14. The molecule has 3 heteroatoms. The molecule has 112 valence electrons. The van der Waals surface area contributed by atoms with Gasteiger partial charge in [0, 0.05) is 29.3 Å². The molecule has 2 aromatic carbocycles. The molecule has 1 aliphatic rings. The first-order valence-electron chi connectivity index (χ1n) is 7.67. The summed E-state index contributed by atoms with van der Waals surface area (Å²) in [6.07, 6.45) is 1.24. The van der Waals surface area contributed by atoms with Crippen LogP contribution in [0.1, 0.15) is 25.8 Å². The molecule has 1 aliphatic heterocycles. The first-order chi connectivity index (χ1) is 10.0. The van der Waals surface area contributed by atoms with E-state index in [1.54, 1.807) is 0 Å². The fourth-order valence-corrected chi connectivity index (χ4v) is 4.04. The summed E-state index contributed by atoms with van der Waals surface area (Å²) >= 11 is 2.09. The van der Waals surface area contributed by atoms with Gasteiger partial charge in [-0.25, -0.2) is 0 Å². The van der Waals surface area contributed by atoms with Gasteiger partial charge in [0.1, 0.15) is 0 Å². The number of thioether (sulfide) groups is 1. The quantitative estimate of drug-likeness (QED) is 0.845. The third kappa shape index (κ3) is 3.53. The third-order valence-corrected chi connectivity index (χ3v) is 5.70. The maximum absolute atomic E-state index is 6.26. The lowest BCUT2D eigenvalue weighted by atomic mass is 10.0. The van der Waals surface area contributed by atoms with Gasteiger partial charge in [-0.05, 0) is 41.4 Å². The average molecular weight is 300 g/mol. The highest BCUT2D eigenvalue weighted by Crippen LogP contribution is 2.31. The van der Waals surface area contributed by atoms with E-state index in [-0.39, 0.29) is 0 Å². The van der Waals surface area contributed by atoms with Gasteiger partial charge in [0.15, 0.2) is 0 Å². The number of hydrogen-bond donors (Lipinski definition) is 1. The van der Waals surface area contributed by atoms with Crippen LogP contribution in [0.4, 0.5) is 5.69 Å². The molecule has 2 N–H and O–H groups in total. The van der Waals surface area contributed by atoms with Crippen molar-refractivity contribution in [3.63, 3.8) is 0 Å². The molecule has 21 heavy (non-hydrogen) atoms. The molecule has 0 atom stereocenters. The highest BCUT2D eigenvalue weighted by molar-refractivity contribution is 8.00. The minimum absolute atomic E-state index is 0.406. The van der Waals surface area contributed by atoms with E-state index in [9.17, 15) is 0 Å². The van der Waals surface area contributed by atoms with Crippen molar-refractivity contribution in [1.29, 1.82) is 0 Å². The molecule has 0 aromatic heterocycles. The lowest BCUT2D eigenvalue weighted by Gasteiger charge is -2.23. The summed E-state index contributed by atoms with van der Waals surface area (Å²) in [5, 5.41) is 2.51. The van der Waals surface area contributed by atoms with Gasteiger partial charge in [0.25, 0.3) is 0 Å². The molecule has 0 aliphatic carbocycles. The van der Waals surface area contributed by atoms with E-state index in [0.29, 0.717) is 4.75 Å². The Morgan fingerprint density at radius 3 is 2.62 bits per heavy atom. The van der Waals surface area contributed by atoms with E-state index in [1.807, 2.05) is 0 Å². The van der Waals surface area contributed by atoms with Gasteiger partial charge < -0.3 is 5.73 Å². The summed E-state index contributed by atoms with van der Waals surface area (Å²) in [5.41, 5.74) is 8.45. The zero-order valence-corrected chi connectivity index (χ0v) is 13.7. The summed E-state index contributed by atoms with van der Waals surface area (Å²) in [6, 6.07) is 12.8. The normalized spacial score (nSPS) is 19.5. The highest BCUT2D eigenvalue weighted by atomic mass is 32.2. The van der Waals surface area contributed by atoms with Crippen molar-refractivity contribution in [1.82, 2.24) is 4.90 Å². The molecule has 1 fully saturated rings. The Morgan fingerprint density at radius 1 is 1.14 bits per heavy atom. The van der Waals surface area contributed by atoms with Crippen LogP contribution in [0.15, 0.2) is 36.4 Å². The molecule has 2 nitrogen and oxygen atoms in total. The summed E-state index contributed by atoms with van der Waals surface area (Å²) in [5.74, 6) is 1.21. The van der Waals surface area contributed by atoms with Crippen molar-refractivity contribution >= 4 is 28.2 Å². The van der Waals surface area contributed by atoms with Crippen molar-refractivity contribution < 1.29 is 0 Å². The molecule has 0 bridgehead atoms. The van der Waals surface area contributed by atoms with Gasteiger partial charge in [0.05, 0.1) is 0 Å². The third-order valence-electron chi connectivity index (χ3n) is 4.33. The van der Waals surface area contributed by atoms with Crippen LogP contribution in [-0.4, -0.2) is 28.5 Å². The second-order valence-electron chi connectivity index (χ2n) is 6.53. The lowest BCUT2D eigenvalue weighted by Crippen LogP contribution is -2.27. The number of nitrogen functional groups attached to an aromatic ring is 1. The number of benzene rings is 2. The van der Waals surface area contributed by atoms with E-state index >= 15 is 0 Å². The van der Waals surface area contributed by atoms with Gasteiger partial charge in [-0.15, -0.1) is 0 Å².